The molecule has 0 aromatic heterocycles. The van der Waals surface area contributed by atoms with Gasteiger partial charge < -0.3 is 0 Å². The van der Waals surface area contributed by atoms with Gasteiger partial charge in [0.15, 0.2) is 0 Å². The number of anilines is 1. The summed E-state index contributed by atoms with van der Waals surface area (Å²) in [5, 5.41) is 5.90. The van der Waals surface area contributed by atoms with Crippen LogP contribution in [0.15, 0.2) is 46.4 Å². The molecule has 0 fully saturated rings. The topological polar surface area (TPSA) is 24.4 Å². The summed E-state index contributed by atoms with van der Waals surface area (Å²) in [6, 6.07) is 11.5. The van der Waals surface area contributed by atoms with Crippen LogP contribution in [0.5, 0.6) is 0 Å². The van der Waals surface area contributed by atoms with Crippen molar-refractivity contribution in [2.24, 2.45) is 5.10 Å². The highest BCUT2D eigenvalue weighted by atomic mass is 35.5. The highest BCUT2D eigenvalue weighted by Crippen LogP contribution is 2.34. The summed E-state index contributed by atoms with van der Waals surface area (Å²) < 4.78 is 0. The minimum absolute atomic E-state index is 0.454. The lowest BCUT2D eigenvalue weighted by Gasteiger charge is -2.17. The lowest BCUT2D eigenvalue weighted by Crippen LogP contribution is -2.11. The maximum atomic E-state index is 6.15. The van der Waals surface area contributed by atoms with Gasteiger partial charge >= 0.3 is 0 Å². The van der Waals surface area contributed by atoms with Gasteiger partial charge in [-0.25, -0.2) is 0 Å². The van der Waals surface area contributed by atoms with Gasteiger partial charge in [-0.05, 0) is 18.2 Å². The predicted molar refractivity (Wildman–Crippen MR) is 93.4 cm³/mol. The number of nitrogens with one attached hydrogen (secondary N) is 1. The fraction of sp³-hybridized carbons (Fsp3) is 0.133. The summed E-state index contributed by atoms with van der Waals surface area (Å²) >= 11 is 20.0. The fourth-order valence-corrected chi connectivity index (χ4v) is 4.04. The number of benzene rings is 2. The van der Waals surface area contributed by atoms with Gasteiger partial charge in [-0.3, -0.25) is 5.43 Å². The minimum atomic E-state index is 0.454. The molecule has 21 heavy (non-hydrogen) atoms. The molecule has 1 aliphatic heterocycles. The number of nitrogens with zero attached hydrogens (tertiary/aromatic N) is 1. The number of fused-ring (bicyclic) bond motifs is 1. The van der Waals surface area contributed by atoms with Crippen LogP contribution in [0.4, 0.5) is 5.69 Å². The van der Waals surface area contributed by atoms with E-state index in [0.717, 1.165) is 23.4 Å². The smallest absolute Gasteiger partial charge is 0.0935 e. The highest BCUT2D eigenvalue weighted by Gasteiger charge is 2.16. The molecule has 0 amide bonds. The van der Waals surface area contributed by atoms with E-state index < -0.39 is 0 Å². The SMILES string of the molecule is Clc1cc(Cl)c(N/N=C2\CCSc3ccccc32)c(Cl)c1. The third-order valence-corrected chi connectivity index (χ3v) is 4.99. The maximum absolute atomic E-state index is 6.15. The zero-order valence-corrected chi connectivity index (χ0v) is 14.0. The predicted octanol–water partition coefficient (Wildman–Crippen LogP) is 5.96. The molecule has 0 saturated heterocycles. The van der Waals surface area contributed by atoms with Crippen LogP contribution < -0.4 is 5.43 Å². The van der Waals surface area contributed by atoms with Gasteiger partial charge in [0.05, 0.1) is 21.4 Å². The van der Waals surface area contributed by atoms with Crippen LogP contribution in [0.25, 0.3) is 0 Å². The highest BCUT2D eigenvalue weighted by molar-refractivity contribution is 7.99. The first-order chi connectivity index (χ1) is 10.1. The Bertz CT molecular complexity index is 693. The molecule has 1 heterocycles. The van der Waals surface area contributed by atoms with Crippen LogP contribution in [0.1, 0.15) is 12.0 Å². The summed E-state index contributed by atoms with van der Waals surface area (Å²) in [7, 11) is 0. The summed E-state index contributed by atoms with van der Waals surface area (Å²) in [5.74, 6) is 1.01. The molecular formula is C15H11Cl3N2S. The van der Waals surface area contributed by atoms with E-state index in [1.165, 1.54) is 4.90 Å². The average Bonchev–Trinajstić information content (AvgIpc) is 2.46. The Morgan fingerprint density at radius 1 is 1.05 bits per heavy atom. The second-order valence-corrected chi connectivity index (χ2v) is 6.90. The molecule has 6 heteroatoms. The third-order valence-electron chi connectivity index (χ3n) is 3.10. The summed E-state index contributed by atoms with van der Waals surface area (Å²) in [6.07, 6.45) is 0.900. The first kappa shape index (κ1) is 15.0. The Hall–Kier alpha value is -0.870. The largest absolute Gasteiger partial charge is 0.275 e. The number of halogens is 3. The number of hydrogen-bond acceptors (Lipinski definition) is 3. The van der Waals surface area contributed by atoms with Gasteiger partial charge in [0.1, 0.15) is 0 Å². The molecule has 0 saturated carbocycles. The Balaban J connectivity index is 1.91. The van der Waals surface area contributed by atoms with E-state index in [-0.39, 0.29) is 0 Å². The Kier molecular flexibility index (Phi) is 4.65. The monoisotopic (exact) mass is 356 g/mol. The minimum Gasteiger partial charge on any atom is -0.275 e. The van der Waals surface area contributed by atoms with Crippen molar-refractivity contribution in [3.63, 3.8) is 0 Å². The van der Waals surface area contributed by atoms with Gasteiger partial charge in [-0.1, -0.05) is 53.0 Å². The summed E-state index contributed by atoms with van der Waals surface area (Å²) in [6.45, 7) is 0. The molecule has 0 unspecified atom stereocenters. The Morgan fingerprint density at radius 3 is 2.52 bits per heavy atom. The van der Waals surface area contributed by atoms with Crippen molar-refractivity contribution in [2.75, 3.05) is 11.2 Å². The number of thioether (sulfide) groups is 1. The van der Waals surface area contributed by atoms with Crippen molar-refractivity contribution in [2.45, 2.75) is 11.3 Å². The van der Waals surface area contributed by atoms with E-state index in [1.54, 1.807) is 12.1 Å². The van der Waals surface area contributed by atoms with E-state index >= 15 is 0 Å². The number of hydrazone groups is 1. The molecule has 1 N–H and O–H groups in total. The summed E-state index contributed by atoms with van der Waals surface area (Å²) in [5.41, 5.74) is 5.71. The molecule has 0 bridgehead atoms. The van der Waals surface area contributed by atoms with Crippen LogP contribution in [-0.2, 0) is 0 Å². The molecule has 0 spiro atoms. The zero-order chi connectivity index (χ0) is 14.8. The second-order valence-electron chi connectivity index (χ2n) is 4.51. The molecule has 3 rings (SSSR count). The zero-order valence-electron chi connectivity index (χ0n) is 10.9. The van der Waals surface area contributed by atoms with Crippen molar-refractivity contribution < 1.29 is 0 Å². The molecule has 2 aromatic carbocycles. The van der Waals surface area contributed by atoms with Gasteiger partial charge in [-0.15, -0.1) is 11.8 Å². The normalized spacial score (nSPS) is 15.9. The lowest BCUT2D eigenvalue weighted by atomic mass is 10.1. The van der Waals surface area contributed by atoms with Crippen molar-refractivity contribution in [1.29, 1.82) is 0 Å². The average molecular weight is 358 g/mol. The molecule has 0 radical (unpaired) electrons. The van der Waals surface area contributed by atoms with Crippen LogP contribution in [0.3, 0.4) is 0 Å². The van der Waals surface area contributed by atoms with Crippen LogP contribution >= 0.6 is 46.6 Å². The number of rotatable bonds is 2. The van der Waals surface area contributed by atoms with E-state index in [2.05, 4.69) is 22.7 Å². The van der Waals surface area contributed by atoms with Crippen LogP contribution in [-0.4, -0.2) is 11.5 Å². The standard InChI is InChI=1S/C15H11Cl3N2S/c16-9-7-11(17)15(12(18)8-9)20-19-13-5-6-21-14-4-2-1-3-10(13)14/h1-4,7-8,20H,5-6H2/b19-13+. The van der Waals surface area contributed by atoms with Crippen LogP contribution in [0, 0.1) is 0 Å². The third kappa shape index (κ3) is 3.32. The van der Waals surface area contributed by atoms with Gasteiger partial charge in [0.2, 0.25) is 0 Å². The lowest BCUT2D eigenvalue weighted by molar-refractivity contribution is 1.19. The van der Waals surface area contributed by atoms with Gasteiger partial charge in [0, 0.05) is 27.7 Å². The van der Waals surface area contributed by atoms with E-state index in [0.29, 0.717) is 20.8 Å². The molecule has 0 aliphatic carbocycles. The quantitative estimate of drug-likeness (QED) is 0.671. The van der Waals surface area contributed by atoms with Crippen molar-refractivity contribution in [3.05, 3.63) is 57.0 Å². The van der Waals surface area contributed by atoms with E-state index in [1.807, 2.05) is 23.9 Å². The molecule has 1 aliphatic rings. The first-order valence-electron chi connectivity index (χ1n) is 6.34. The fourth-order valence-electron chi connectivity index (χ4n) is 2.11. The van der Waals surface area contributed by atoms with Gasteiger partial charge in [0.25, 0.3) is 0 Å². The Morgan fingerprint density at radius 2 is 1.76 bits per heavy atom. The summed E-state index contributed by atoms with van der Waals surface area (Å²) in [4.78, 5) is 1.25. The van der Waals surface area contributed by atoms with E-state index in [4.69, 9.17) is 34.8 Å². The molecule has 108 valence electrons. The molecule has 0 atom stereocenters. The molecule has 2 nitrogen and oxygen atoms in total. The van der Waals surface area contributed by atoms with Crippen molar-refractivity contribution in [3.8, 4) is 0 Å². The molecular weight excluding hydrogens is 347 g/mol. The Labute approximate surface area is 142 Å². The molecule has 2 aromatic rings. The van der Waals surface area contributed by atoms with Crippen molar-refractivity contribution >= 4 is 58.0 Å². The first-order valence-corrected chi connectivity index (χ1v) is 8.46. The maximum Gasteiger partial charge on any atom is 0.0935 e. The van der Waals surface area contributed by atoms with Gasteiger partial charge in [-0.2, -0.15) is 5.10 Å². The van der Waals surface area contributed by atoms with Crippen molar-refractivity contribution in [1.82, 2.24) is 0 Å². The second kappa shape index (κ2) is 6.49. The van der Waals surface area contributed by atoms with E-state index in [9.17, 15) is 0 Å². The number of hydrogen-bond donors (Lipinski definition) is 1. The van der Waals surface area contributed by atoms with Crippen LogP contribution in [0.2, 0.25) is 15.1 Å².